The van der Waals surface area contributed by atoms with Crippen LogP contribution in [0, 0.1) is 0 Å². The van der Waals surface area contributed by atoms with Crippen molar-refractivity contribution in [2.75, 3.05) is 53.7 Å². The molecule has 3 amide bonds. The summed E-state index contributed by atoms with van der Waals surface area (Å²) in [6.07, 6.45) is -5.20. The van der Waals surface area contributed by atoms with Gasteiger partial charge in [0.25, 0.3) is 5.91 Å². The van der Waals surface area contributed by atoms with Gasteiger partial charge in [0, 0.05) is 81.6 Å². The van der Waals surface area contributed by atoms with Gasteiger partial charge in [-0.15, -0.1) is 0 Å². The largest absolute Gasteiger partial charge is 0.507 e. The number of nitrogens with two attached hydrogens (primary N) is 1. The number of nitrogens with one attached hydrogen (secondary N) is 1. The number of phenolic OH excluding ortho intramolecular Hbond substituents is 2. The minimum Gasteiger partial charge on any atom is -0.507 e. The third kappa shape index (κ3) is 7.07. The Balaban J connectivity index is 0.848. The van der Waals surface area contributed by atoms with Crippen molar-refractivity contribution in [3.05, 3.63) is 51.6 Å². The van der Waals surface area contributed by atoms with Gasteiger partial charge in [0.1, 0.15) is 41.2 Å². The van der Waals surface area contributed by atoms with Crippen LogP contribution in [-0.2, 0) is 54.0 Å². The monoisotopic (exact) mass is 933 g/mol. The Kier molecular flexibility index (Phi) is 11.1. The summed E-state index contributed by atoms with van der Waals surface area (Å²) in [6.45, 7) is 3.75. The van der Waals surface area contributed by atoms with E-state index in [0.29, 0.717) is 26.2 Å². The quantitative estimate of drug-likeness (QED) is 0.167. The lowest BCUT2D eigenvalue weighted by molar-refractivity contribution is -0.256. The Morgan fingerprint density at radius 3 is 2.45 bits per heavy atom. The number of ether oxygens (including phenoxy) is 8. The second-order valence-electron chi connectivity index (χ2n) is 19.2. The van der Waals surface area contributed by atoms with E-state index in [4.69, 9.17) is 43.6 Å². The van der Waals surface area contributed by atoms with Crippen LogP contribution in [0.2, 0.25) is 0 Å². The molecule has 0 radical (unpaired) electrons. The smallest absolute Gasteiger partial charge is 0.255 e. The minimum atomic E-state index is -2.25. The molecule has 2 aromatic carbocycles. The molecule has 2 unspecified atom stereocenters. The number of benzene rings is 2. The summed E-state index contributed by atoms with van der Waals surface area (Å²) in [6, 6.07) is 2.72. The predicted molar refractivity (Wildman–Crippen MR) is 226 cm³/mol. The first-order valence-corrected chi connectivity index (χ1v) is 23.0. The number of methoxy groups -OCH3 is 2. The molecule has 8 aliphatic heterocycles. The highest BCUT2D eigenvalue weighted by atomic mass is 16.7. The number of phenols is 2. The van der Waals surface area contributed by atoms with E-state index in [9.17, 15) is 39.3 Å². The molecule has 0 saturated carbocycles. The van der Waals surface area contributed by atoms with Crippen LogP contribution >= 0.6 is 0 Å². The molecule has 8 fully saturated rings. The number of carbonyl (C=O) groups is 5. The molecule has 0 aromatic heterocycles. The Labute approximate surface area is 384 Å². The molecule has 2 aliphatic carbocycles. The molecular formula is C46H55N5O16. The first-order chi connectivity index (χ1) is 32.2. The molecule has 21 heteroatoms. The van der Waals surface area contributed by atoms with Crippen molar-refractivity contribution in [3.63, 3.8) is 0 Å². The lowest BCUT2D eigenvalue weighted by Crippen LogP contribution is -2.74. The fourth-order valence-electron chi connectivity index (χ4n) is 12.2. The number of carbonyl (C=O) groups excluding carboxylic acids is 5. The van der Waals surface area contributed by atoms with E-state index in [2.05, 4.69) is 10.2 Å². The van der Waals surface area contributed by atoms with E-state index in [1.807, 2.05) is 6.92 Å². The van der Waals surface area contributed by atoms with Gasteiger partial charge in [-0.25, -0.2) is 0 Å². The van der Waals surface area contributed by atoms with Crippen molar-refractivity contribution in [1.82, 2.24) is 20.0 Å². The summed E-state index contributed by atoms with van der Waals surface area (Å²) in [7, 11) is 2.89. The second-order valence-corrected chi connectivity index (χ2v) is 19.2. The summed E-state index contributed by atoms with van der Waals surface area (Å²) in [5, 5.41) is 39.9. The third-order valence-corrected chi connectivity index (χ3v) is 15.4. The first kappa shape index (κ1) is 44.7. The number of rotatable bonds is 9. The maximum absolute atomic E-state index is 14.9. The van der Waals surface area contributed by atoms with Gasteiger partial charge in [0.2, 0.25) is 17.6 Å². The fourth-order valence-corrected chi connectivity index (χ4v) is 12.2. The van der Waals surface area contributed by atoms with E-state index >= 15 is 0 Å². The Morgan fingerprint density at radius 1 is 0.925 bits per heavy atom. The number of hydrogen-bond donors (Lipinski definition) is 5. The number of amides is 3. The molecule has 8 saturated heterocycles. The number of piperazine rings is 1. The van der Waals surface area contributed by atoms with Crippen molar-refractivity contribution < 1.29 is 77.2 Å². The van der Waals surface area contributed by atoms with Crippen LogP contribution in [0.15, 0.2) is 18.2 Å². The molecular weight excluding hydrogens is 879 g/mol. The van der Waals surface area contributed by atoms with E-state index in [1.165, 1.54) is 25.3 Å². The van der Waals surface area contributed by atoms with Gasteiger partial charge in [0.15, 0.2) is 24.6 Å². The lowest BCUT2D eigenvalue weighted by Gasteiger charge is -2.58. The third-order valence-electron chi connectivity index (χ3n) is 15.4. The van der Waals surface area contributed by atoms with E-state index in [-0.39, 0.29) is 115 Å². The van der Waals surface area contributed by atoms with Gasteiger partial charge >= 0.3 is 0 Å². The number of aliphatic hydroxyl groups is 1. The number of fused-ring (bicyclic) bond motifs is 9. The molecule has 2 bridgehead atoms. The van der Waals surface area contributed by atoms with Crippen LogP contribution in [-0.4, -0.2) is 192 Å². The number of morpholine rings is 1. The molecule has 8 heterocycles. The van der Waals surface area contributed by atoms with Crippen molar-refractivity contribution in [2.24, 2.45) is 5.73 Å². The van der Waals surface area contributed by atoms with Crippen molar-refractivity contribution in [1.29, 1.82) is 0 Å². The molecule has 0 spiro atoms. The summed E-state index contributed by atoms with van der Waals surface area (Å²) in [5.41, 5.74) is 2.57. The van der Waals surface area contributed by atoms with Gasteiger partial charge in [-0.1, -0.05) is 12.1 Å². The van der Waals surface area contributed by atoms with Gasteiger partial charge in [0.05, 0.1) is 80.0 Å². The number of nitrogens with zero attached hydrogens (tertiary/aromatic N) is 3. The predicted octanol–water partition coefficient (Wildman–Crippen LogP) is -0.648. The maximum atomic E-state index is 14.9. The molecule has 67 heavy (non-hydrogen) atoms. The van der Waals surface area contributed by atoms with Crippen LogP contribution in [0.5, 0.6) is 17.2 Å². The van der Waals surface area contributed by atoms with Crippen LogP contribution in [0.25, 0.3) is 0 Å². The first-order valence-electron chi connectivity index (χ1n) is 23.0. The number of piperidine rings is 1. The highest BCUT2D eigenvalue weighted by Crippen LogP contribution is 2.54. The zero-order chi connectivity index (χ0) is 46.8. The van der Waals surface area contributed by atoms with Gasteiger partial charge in [-0.05, 0) is 19.4 Å². The molecule has 2 aromatic rings. The summed E-state index contributed by atoms with van der Waals surface area (Å²) in [5.74, 6) is -3.95. The highest BCUT2D eigenvalue weighted by Gasteiger charge is 2.59. The Morgan fingerprint density at radius 2 is 1.69 bits per heavy atom. The van der Waals surface area contributed by atoms with Crippen molar-refractivity contribution >= 4 is 29.3 Å². The maximum Gasteiger partial charge on any atom is 0.255 e. The van der Waals surface area contributed by atoms with Crippen LogP contribution < -0.4 is 15.8 Å². The Bertz CT molecular complexity index is 2410. The van der Waals surface area contributed by atoms with E-state index in [0.717, 1.165) is 0 Å². The second kappa shape index (κ2) is 16.7. The molecule has 360 valence electrons. The average molecular weight is 934 g/mol. The summed E-state index contributed by atoms with van der Waals surface area (Å²) in [4.78, 5) is 75.0. The Hall–Kier alpha value is -4.81. The van der Waals surface area contributed by atoms with E-state index < -0.39 is 102 Å². The molecule has 6 N–H and O–H groups in total. The highest BCUT2D eigenvalue weighted by molar-refractivity contribution is 6.31. The standard InChI is InChI=1S/C46H55N5O16/c1-19-40-26(50-9-10-62-44(61-3)43(50)67-40)12-31(65-19)66-28-14-46(59,13-23-33(28)39(57)35-34(37(23)55)36(54)22-5-4-6-27(60-2)32(22)38(35)56)45(58)51-20-11-21(51)16-49(15-20)30(53)8-7-29(52)48-25-18-64-41-24(47)17-63-42(25)41/h4-6,19-21,24-26,28,31,40-44,55,57,59H,7-18,47H2,1-3H3,(H,48,52)/t19-,20?,21?,24-,25-,26-,28-,31-,40+,41+,42+,43+,44-,46-/m0/s1. The topological polar surface area (TPSA) is 268 Å². The zero-order valence-electron chi connectivity index (χ0n) is 37.3. The molecule has 12 rings (SSSR count). The number of hydrogen-bond acceptors (Lipinski definition) is 18. The molecule has 14 atom stereocenters. The average Bonchev–Trinajstić information content (AvgIpc) is 4.02. The van der Waals surface area contributed by atoms with Gasteiger partial charge in [-0.2, -0.15) is 0 Å². The van der Waals surface area contributed by atoms with Gasteiger partial charge in [-0.3, -0.25) is 28.9 Å². The van der Waals surface area contributed by atoms with Crippen LogP contribution in [0.4, 0.5) is 0 Å². The summed E-state index contributed by atoms with van der Waals surface area (Å²) >= 11 is 0. The minimum absolute atomic E-state index is 0.0462. The normalized spacial score (nSPS) is 37.1. The van der Waals surface area contributed by atoms with E-state index in [1.54, 1.807) is 16.9 Å². The van der Waals surface area contributed by atoms with Crippen molar-refractivity contribution in [2.45, 2.75) is 131 Å². The lowest BCUT2D eigenvalue weighted by atomic mass is 9.71. The van der Waals surface area contributed by atoms with Crippen LogP contribution in [0.1, 0.15) is 88.1 Å². The van der Waals surface area contributed by atoms with Crippen LogP contribution in [0.3, 0.4) is 0 Å². The SMILES string of the molecule is COc1cccc2c1C(=O)c1c(O)c3c(c(O)c1C2=O)C[C@@](O)(C(=O)N1C2CC1CN(C(=O)CCC(=O)N[C@H]1CO[C@H]4[C@@H]1OC[C@@H]4N)C2)C[C@@H]3O[C@H]1C[C@H]2[C@H](O[C@@H]3[C@@H](OC)OCCN32)[C@H](C)O1. The van der Waals surface area contributed by atoms with Gasteiger partial charge < -0.3 is 74.1 Å². The molecule has 10 aliphatic rings. The summed E-state index contributed by atoms with van der Waals surface area (Å²) < 4.78 is 47.7. The van der Waals surface area contributed by atoms with Crippen molar-refractivity contribution in [3.8, 4) is 17.2 Å². The number of aromatic hydroxyl groups is 2. The molecule has 21 nitrogen and oxygen atoms in total. The zero-order valence-corrected chi connectivity index (χ0v) is 37.3. The number of ketones is 2. The fraction of sp³-hybridized carbons (Fsp3) is 0.630.